The van der Waals surface area contributed by atoms with Gasteiger partial charge in [-0.3, -0.25) is 4.98 Å². The molecule has 2 heteroatoms. The highest BCUT2D eigenvalue weighted by Crippen LogP contribution is 2.11. The van der Waals surface area contributed by atoms with Crippen LogP contribution in [0, 0.1) is 6.92 Å². The van der Waals surface area contributed by atoms with Crippen molar-refractivity contribution in [2.75, 3.05) is 6.61 Å². The maximum atomic E-state index is 5.62. The van der Waals surface area contributed by atoms with Crippen LogP contribution in [-0.4, -0.2) is 11.6 Å². The molecule has 0 amide bonds. The second-order valence-corrected chi connectivity index (χ2v) is 3.95. The van der Waals surface area contributed by atoms with Crippen molar-refractivity contribution >= 4 is 0 Å². The van der Waals surface area contributed by atoms with Crippen molar-refractivity contribution in [3.05, 3.63) is 47.8 Å². The summed E-state index contributed by atoms with van der Waals surface area (Å²) in [4.78, 5) is 4.19. The van der Waals surface area contributed by atoms with Gasteiger partial charge in [-0.05, 0) is 45.7 Å². The number of aromatic nitrogens is 1. The van der Waals surface area contributed by atoms with Gasteiger partial charge < -0.3 is 4.74 Å². The Labute approximate surface area is 104 Å². The molecule has 0 aliphatic heterocycles. The Bertz CT molecular complexity index is 376. The van der Waals surface area contributed by atoms with E-state index < -0.39 is 0 Å². The van der Waals surface area contributed by atoms with Crippen molar-refractivity contribution in [3.8, 4) is 5.75 Å². The van der Waals surface area contributed by atoms with Crippen LogP contribution < -0.4 is 4.74 Å². The summed E-state index contributed by atoms with van der Waals surface area (Å²) in [6.45, 7) is 6.82. The summed E-state index contributed by atoms with van der Waals surface area (Å²) in [5.41, 5.74) is 2.37. The SMILES string of the molecule is CC=C(/C=C\C)CCCOc1ccc(C)nc1. The molecule has 0 aliphatic rings. The van der Waals surface area contributed by atoms with Crippen LogP contribution >= 0.6 is 0 Å². The van der Waals surface area contributed by atoms with Crippen LogP contribution in [0.25, 0.3) is 0 Å². The van der Waals surface area contributed by atoms with Gasteiger partial charge in [-0.1, -0.05) is 23.8 Å². The molecule has 0 radical (unpaired) electrons. The molecule has 17 heavy (non-hydrogen) atoms. The molecular weight excluding hydrogens is 210 g/mol. The second-order valence-electron chi connectivity index (χ2n) is 3.95. The van der Waals surface area contributed by atoms with Crippen molar-refractivity contribution in [2.24, 2.45) is 0 Å². The van der Waals surface area contributed by atoms with Crippen LogP contribution in [0.15, 0.2) is 42.1 Å². The normalized spacial score (nSPS) is 12.1. The number of aryl methyl sites for hydroxylation is 1. The maximum absolute atomic E-state index is 5.62. The molecule has 0 aromatic carbocycles. The van der Waals surface area contributed by atoms with E-state index >= 15 is 0 Å². The van der Waals surface area contributed by atoms with Gasteiger partial charge in [0, 0.05) is 5.69 Å². The zero-order valence-electron chi connectivity index (χ0n) is 10.9. The maximum Gasteiger partial charge on any atom is 0.137 e. The van der Waals surface area contributed by atoms with Gasteiger partial charge in [0.2, 0.25) is 0 Å². The van der Waals surface area contributed by atoms with E-state index in [1.54, 1.807) is 6.20 Å². The van der Waals surface area contributed by atoms with Crippen LogP contribution in [0.2, 0.25) is 0 Å². The third kappa shape index (κ3) is 5.34. The van der Waals surface area contributed by atoms with Gasteiger partial charge in [-0.2, -0.15) is 0 Å². The molecule has 1 aromatic heterocycles. The van der Waals surface area contributed by atoms with Crippen molar-refractivity contribution in [1.29, 1.82) is 0 Å². The number of ether oxygens (including phenoxy) is 1. The molecule has 0 spiro atoms. The molecule has 0 aliphatic carbocycles. The van der Waals surface area contributed by atoms with Gasteiger partial charge in [-0.15, -0.1) is 0 Å². The monoisotopic (exact) mass is 231 g/mol. The zero-order chi connectivity index (χ0) is 12.5. The van der Waals surface area contributed by atoms with E-state index in [4.69, 9.17) is 4.74 Å². The number of allylic oxidation sites excluding steroid dienone is 4. The lowest BCUT2D eigenvalue weighted by atomic mass is 10.1. The molecule has 0 saturated carbocycles. The van der Waals surface area contributed by atoms with E-state index in [9.17, 15) is 0 Å². The first kappa shape index (κ1) is 13.5. The molecule has 1 heterocycles. The molecule has 1 rings (SSSR count). The van der Waals surface area contributed by atoms with Gasteiger partial charge in [0.15, 0.2) is 0 Å². The first-order valence-electron chi connectivity index (χ1n) is 6.09. The third-order valence-corrected chi connectivity index (χ3v) is 2.51. The second kappa shape index (κ2) is 7.66. The molecular formula is C15H21NO. The lowest BCUT2D eigenvalue weighted by Gasteiger charge is -2.06. The van der Waals surface area contributed by atoms with Crippen LogP contribution in [0.1, 0.15) is 32.4 Å². The summed E-state index contributed by atoms with van der Waals surface area (Å²) in [6, 6.07) is 3.93. The number of rotatable bonds is 6. The molecule has 0 saturated heterocycles. The highest BCUT2D eigenvalue weighted by molar-refractivity contribution is 5.19. The highest BCUT2D eigenvalue weighted by Gasteiger charge is 1.95. The molecule has 2 nitrogen and oxygen atoms in total. The molecule has 92 valence electrons. The largest absolute Gasteiger partial charge is 0.492 e. The third-order valence-electron chi connectivity index (χ3n) is 2.51. The molecule has 0 unspecified atom stereocenters. The fourth-order valence-electron chi connectivity index (χ4n) is 1.54. The predicted molar refractivity (Wildman–Crippen MR) is 72.3 cm³/mol. The first-order chi connectivity index (χ1) is 8.26. The summed E-state index contributed by atoms with van der Waals surface area (Å²) in [5, 5.41) is 0. The summed E-state index contributed by atoms with van der Waals surface area (Å²) in [5.74, 6) is 0.851. The quantitative estimate of drug-likeness (QED) is 0.544. The van der Waals surface area contributed by atoms with Gasteiger partial charge in [0.1, 0.15) is 5.75 Å². The minimum Gasteiger partial charge on any atom is -0.492 e. The first-order valence-corrected chi connectivity index (χ1v) is 6.09. The van der Waals surface area contributed by atoms with Crippen LogP contribution in [0.3, 0.4) is 0 Å². The Morgan fingerprint density at radius 3 is 2.76 bits per heavy atom. The Balaban J connectivity index is 2.26. The number of hydrogen-bond acceptors (Lipinski definition) is 2. The summed E-state index contributed by atoms with van der Waals surface area (Å²) in [7, 11) is 0. The van der Waals surface area contributed by atoms with E-state index in [0.29, 0.717) is 0 Å². The Morgan fingerprint density at radius 2 is 2.18 bits per heavy atom. The van der Waals surface area contributed by atoms with E-state index in [0.717, 1.165) is 30.9 Å². The van der Waals surface area contributed by atoms with Crippen molar-refractivity contribution < 1.29 is 4.74 Å². The van der Waals surface area contributed by atoms with E-state index in [1.807, 2.05) is 26.0 Å². The minimum atomic E-state index is 0.736. The standard InChI is InChI=1S/C15H21NO/c1-4-7-14(5-2)8-6-11-17-15-10-9-13(3)16-12-15/h4-5,7,9-10,12H,6,8,11H2,1-3H3/b7-4-,14-5?. The summed E-state index contributed by atoms with van der Waals surface area (Å²) < 4.78 is 5.62. The summed E-state index contributed by atoms with van der Waals surface area (Å²) >= 11 is 0. The van der Waals surface area contributed by atoms with E-state index in [-0.39, 0.29) is 0 Å². The average Bonchev–Trinajstić information content (AvgIpc) is 2.35. The van der Waals surface area contributed by atoms with Gasteiger partial charge >= 0.3 is 0 Å². The van der Waals surface area contributed by atoms with Crippen molar-refractivity contribution in [1.82, 2.24) is 4.98 Å². The number of pyridine rings is 1. The number of hydrogen-bond donors (Lipinski definition) is 0. The lowest BCUT2D eigenvalue weighted by Crippen LogP contribution is -1.98. The van der Waals surface area contributed by atoms with E-state index in [2.05, 4.69) is 30.1 Å². The van der Waals surface area contributed by atoms with Gasteiger partial charge in [-0.25, -0.2) is 0 Å². The fourth-order valence-corrected chi connectivity index (χ4v) is 1.54. The lowest BCUT2D eigenvalue weighted by molar-refractivity contribution is 0.310. The minimum absolute atomic E-state index is 0.736. The molecule has 0 fully saturated rings. The molecule has 1 aromatic rings. The highest BCUT2D eigenvalue weighted by atomic mass is 16.5. The zero-order valence-corrected chi connectivity index (χ0v) is 10.9. The van der Waals surface area contributed by atoms with Crippen molar-refractivity contribution in [3.63, 3.8) is 0 Å². The number of nitrogens with zero attached hydrogens (tertiary/aromatic N) is 1. The fraction of sp³-hybridized carbons (Fsp3) is 0.400. The molecule has 0 atom stereocenters. The Hall–Kier alpha value is -1.57. The average molecular weight is 231 g/mol. The topological polar surface area (TPSA) is 22.1 Å². The predicted octanol–water partition coefficient (Wildman–Crippen LogP) is 4.07. The Morgan fingerprint density at radius 1 is 1.35 bits per heavy atom. The Kier molecular flexibility index (Phi) is 6.08. The molecule has 0 bridgehead atoms. The smallest absolute Gasteiger partial charge is 0.137 e. The van der Waals surface area contributed by atoms with Crippen molar-refractivity contribution in [2.45, 2.75) is 33.6 Å². The van der Waals surface area contributed by atoms with E-state index in [1.165, 1.54) is 5.57 Å². The van der Waals surface area contributed by atoms with Gasteiger partial charge in [0.05, 0.1) is 12.8 Å². The van der Waals surface area contributed by atoms with Crippen LogP contribution in [-0.2, 0) is 0 Å². The van der Waals surface area contributed by atoms with Gasteiger partial charge in [0.25, 0.3) is 0 Å². The van der Waals surface area contributed by atoms with Crippen LogP contribution in [0.5, 0.6) is 5.75 Å². The molecule has 0 N–H and O–H groups in total. The van der Waals surface area contributed by atoms with Crippen LogP contribution in [0.4, 0.5) is 0 Å². The summed E-state index contributed by atoms with van der Waals surface area (Å²) in [6.07, 6.45) is 10.2.